The molecule has 0 aliphatic carbocycles. The molecule has 0 fully saturated rings. The fourth-order valence-electron chi connectivity index (χ4n) is 1.79. The molecule has 19 heavy (non-hydrogen) atoms. The van der Waals surface area contributed by atoms with Gasteiger partial charge in [-0.15, -0.1) is 23.5 Å². The highest BCUT2D eigenvalue weighted by Crippen LogP contribution is 2.32. The zero-order valence-corrected chi connectivity index (χ0v) is 13.6. The van der Waals surface area contributed by atoms with Crippen LogP contribution in [0.25, 0.3) is 6.08 Å². The Morgan fingerprint density at radius 1 is 1.11 bits per heavy atom. The third kappa shape index (κ3) is 6.07. The SMILES string of the molecule is CCSC(SCC)C(C)C(O)/C=C/c1ccccc1. The molecule has 0 bridgehead atoms. The molecule has 1 N–H and O–H groups in total. The number of hydrogen-bond acceptors (Lipinski definition) is 3. The van der Waals surface area contributed by atoms with Gasteiger partial charge in [0.25, 0.3) is 0 Å². The summed E-state index contributed by atoms with van der Waals surface area (Å²) in [6.45, 7) is 6.48. The second kappa shape index (κ2) is 9.51. The second-order valence-electron chi connectivity index (χ2n) is 4.40. The van der Waals surface area contributed by atoms with E-state index in [1.54, 1.807) is 0 Å². The van der Waals surface area contributed by atoms with Crippen molar-refractivity contribution >= 4 is 29.6 Å². The summed E-state index contributed by atoms with van der Waals surface area (Å²) in [6.07, 6.45) is 3.54. The Morgan fingerprint density at radius 3 is 2.21 bits per heavy atom. The number of aliphatic hydroxyl groups excluding tert-OH is 1. The van der Waals surface area contributed by atoms with Crippen LogP contribution in [0.1, 0.15) is 26.3 Å². The zero-order chi connectivity index (χ0) is 14.1. The zero-order valence-electron chi connectivity index (χ0n) is 12.0. The maximum atomic E-state index is 10.3. The highest BCUT2D eigenvalue weighted by Gasteiger charge is 2.22. The molecular formula is C16H24OS2. The van der Waals surface area contributed by atoms with E-state index in [9.17, 15) is 5.11 Å². The largest absolute Gasteiger partial charge is 0.389 e. The van der Waals surface area contributed by atoms with Gasteiger partial charge in [-0.3, -0.25) is 0 Å². The fourth-order valence-corrected chi connectivity index (χ4v) is 4.58. The summed E-state index contributed by atoms with van der Waals surface area (Å²) in [6, 6.07) is 10.1. The Hall–Kier alpha value is -0.380. The van der Waals surface area contributed by atoms with Gasteiger partial charge in [-0.2, -0.15) is 0 Å². The first kappa shape index (κ1) is 16.7. The van der Waals surface area contributed by atoms with Crippen molar-refractivity contribution in [1.29, 1.82) is 0 Å². The molecule has 0 saturated heterocycles. The smallest absolute Gasteiger partial charge is 0.0768 e. The average Bonchev–Trinajstić information content (AvgIpc) is 2.45. The monoisotopic (exact) mass is 296 g/mol. The van der Waals surface area contributed by atoms with E-state index >= 15 is 0 Å². The molecule has 2 unspecified atom stereocenters. The first-order valence-electron chi connectivity index (χ1n) is 6.83. The number of hydrogen-bond donors (Lipinski definition) is 1. The molecule has 0 aliphatic rings. The van der Waals surface area contributed by atoms with E-state index in [4.69, 9.17) is 0 Å². The van der Waals surface area contributed by atoms with Gasteiger partial charge in [0.05, 0.1) is 10.7 Å². The van der Waals surface area contributed by atoms with E-state index in [2.05, 4.69) is 20.8 Å². The number of thioether (sulfide) groups is 2. The second-order valence-corrected chi connectivity index (χ2v) is 7.53. The van der Waals surface area contributed by atoms with Crippen LogP contribution in [0.5, 0.6) is 0 Å². The van der Waals surface area contributed by atoms with Crippen LogP contribution in [0.4, 0.5) is 0 Å². The van der Waals surface area contributed by atoms with Crippen molar-refractivity contribution in [3.63, 3.8) is 0 Å². The van der Waals surface area contributed by atoms with Crippen LogP contribution < -0.4 is 0 Å². The van der Waals surface area contributed by atoms with Crippen molar-refractivity contribution in [3.8, 4) is 0 Å². The minimum absolute atomic E-state index is 0.259. The van der Waals surface area contributed by atoms with Gasteiger partial charge < -0.3 is 5.11 Å². The Kier molecular flexibility index (Phi) is 8.35. The van der Waals surface area contributed by atoms with Crippen LogP contribution in [-0.2, 0) is 0 Å². The third-order valence-corrected chi connectivity index (χ3v) is 5.91. The summed E-state index contributed by atoms with van der Waals surface area (Å²) in [5.41, 5.74) is 1.14. The molecule has 0 aromatic heterocycles. The van der Waals surface area contributed by atoms with Crippen LogP contribution in [0, 0.1) is 5.92 Å². The van der Waals surface area contributed by atoms with Gasteiger partial charge in [-0.1, -0.05) is 63.3 Å². The highest BCUT2D eigenvalue weighted by molar-refractivity contribution is 8.17. The highest BCUT2D eigenvalue weighted by atomic mass is 32.2. The lowest BCUT2D eigenvalue weighted by Crippen LogP contribution is -2.24. The van der Waals surface area contributed by atoms with E-state index in [1.807, 2.05) is 66.0 Å². The van der Waals surface area contributed by atoms with Crippen molar-refractivity contribution in [3.05, 3.63) is 42.0 Å². The minimum Gasteiger partial charge on any atom is -0.389 e. The van der Waals surface area contributed by atoms with Crippen LogP contribution >= 0.6 is 23.5 Å². The molecule has 0 heterocycles. The summed E-state index contributed by atoms with van der Waals surface area (Å²) >= 11 is 3.86. The molecule has 1 nitrogen and oxygen atoms in total. The summed E-state index contributed by atoms with van der Waals surface area (Å²) in [7, 11) is 0. The lowest BCUT2D eigenvalue weighted by atomic mass is 10.1. The van der Waals surface area contributed by atoms with Gasteiger partial charge >= 0.3 is 0 Å². The van der Waals surface area contributed by atoms with Crippen LogP contribution in [-0.4, -0.2) is 27.3 Å². The van der Waals surface area contributed by atoms with Crippen molar-refractivity contribution in [2.45, 2.75) is 31.5 Å². The molecule has 0 saturated carbocycles. The van der Waals surface area contributed by atoms with Gasteiger partial charge in [-0.25, -0.2) is 0 Å². The van der Waals surface area contributed by atoms with Crippen molar-refractivity contribution in [1.82, 2.24) is 0 Å². The van der Waals surface area contributed by atoms with E-state index in [0.717, 1.165) is 17.1 Å². The van der Waals surface area contributed by atoms with Crippen molar-refractivity contribution in [2.75, 3.05) is 11.5 Å². The molecule has 0 spiro atoms. The number of benzene rings is 1. The van der Waals surface area contributed by atoms with E-state index in [1.165, 1.54) is 0 Å². The molecular weight excluding hydrogens is 272 g/mol. The molecule has 106 valence electrons. The van der Waals surface area contributed by atoms with Gasteiger partial charge in [0, 0.05) is 5.92 Å². The molecule has 3 heteroatoms. The lowest BCUT2D eigenvalue weighted by Gasteiger charge is -2.25. The Labute approximate surface area is 125 Å². The average molecular weight is 297 g/mol. The number of aliphatic hydroxyl groups is 1. The standard InChI is InChI=1S/C16H24OS2/c1-4-18-16(19-5-2)13(3)15(17)12-11-14-9-7-6-8-10-14/h6-13,15-17H,4-5H2,1-3H3/b12-11+. The Morgan fingerprint density at radius 2 is 1.68 bits per heavy atom. The van der Waals surface area contributed by atoms with Gasteiger partial charge in [0.15, 0.2) is 0 Å². The first-order chi connectivity index (χ1) is 9.19. The molecule has 0 aliphatic heterocycles. The minimum atomic E-state index is -0.386. The van der Waals surface area contributed by atoms with Crippen LogP contribution in [0.15, 0.2) is 36.4 Å². The molecule has 1 rings (SSSR count). The summed E-state index contributed by atoms with van der Waals surface area (Å²) < 4.78 is 0.463. The third-order valence-electron chi connectivity index (χ3n) is 2.92. The van der Waals surface area contributed by atoms with Gasteiger partial charge in [0.1, 0.15) is 0 Å². The maximum absolute atomic E-state index is 10.3. The van der Waals surface area contributed by atoms with Crippen LogP contribution in [0.3, 0.4) is 0 Å². The molecule has 0 amide bonds. The summed E-state index contributed by atoms with van der Waals surface area (Å²) in [4.78, 5) is 0. The lowest BCUT2D eigenvalue weighted by molar-refractivity contribution is 0.171. The van der Waals surface area contributed by atoms with Gasteiger partial charge in [0.2, 0.25) is 0 Å². The van der Waals surface area contributed by atoms with Crippen LogP contribution in [0.2, 0.25) is 0 Å². The van der Waals surface area contributed by atoms with E-state index < -0.39 is 0 Å². The van der Waals surface area contributed by atoms with E-state index in [0.29, 0.717) is 4.58 Å². The van der Waals surface area contributed by atoms with Gasteiger partial charge in [-0.05, 0) is 17.1 Å². The quantitative estimate of drug-likeness (QED) is 0.712. The molecule has 1 aromatic carbocycles. The predicted octanol–water partition coefficient (Wildman–Crippen LogP) is 4.53. The fraction of sp³-hybridized carbons (Fsp3) is 0.500. The topological polar surface area (TPSA) is 20.2 Å². The Bertz CT molecular complexity index is 358. The first-order valence-corrected chi connectivity index (χ1v) is 8.93. The summed E-state index contributed by atoms with van der Waals surface area (Å²) in [5.74, 6) is 2.45. The van der Waals surface area contributed by atoms with Crippen molar-refractivity contribution < 1.29 is 5.11 Å². The maximum Gasteiger partial charge on any atom is 0.0768 e. The normalized spacial score (nSPS) is 15.0. The summed E-state index contributed by atoms with van der Waals surface area (Å²) in [5, 5.41) is 10.3. The predicted molar refractivity (Wildman–Crippen MR) is 90.7 cm³/mol. The molecule has 2 atom stereocenters. The van der Waals surface area contributed by atoms with Crippen molar-refractivity contribution in [2.24, 2.45) is 5.92 Å². The Balaban J connectivity index is 2.59. The number of rotatable bonds is 8. The van der Waals surface area contributed by atoms with E-state index in [-0.39, 0.29) is 12.0 Å². The molecule has 1 aromatic rings. The molecule has 0 radical (unpaired) electrons.